The number of ether oxygens (including phenoxy) is 1. The van der Waals surface area contributed by atoms with Crippen LogP contribution < -0.4 is 0 Å². The lowest BCUT2D eigenvalue weighted by atomic mass is 10.2. The minimum atomic E-state index is -0.319. The lowest BCUT2D eigenvalue weighted by molar-refractivity contribution is -0.137. The highest BCUT2D eigenvalue weighted by molar-refractivity contribution is 5.86. The predicted octanol–water partition coefficient (Wildman–Crippen LogP) is 2.81. The van der Waals surface area contributed by atoms with Crippen molar-refractivity contribution >= 4 is 12.0 Å². The van der Waals surface area contributed by atoms with Crippen molar-refractivity contribution in [1.29, 1.82) is 0 Å². The van der Waals surface area contributed by atoms with Crippen LogP contribution in [0.4, 0.5) is 0 Å². The first-order chi connectivity index (χ1) is 8.84. The van der Waals surface area contributed by atoms with Gasteiger partial charge >= 0.3 is 5.97 Å². The van der Waals surface area contributed by atoms with Crippen LogP contribution in [-0.2, 0) is 16.0 Å². The van der Waals surface area contributed by atoms with Gasteiger partial charge in [-0.2, -0.15) is 0 Å². The summed E-state index contributed by atoms with van der Waals surface area (Å²) in [4.78, 5) is 14.4. The van der Waals surface area contributed by atoms with Crippen LogP contribution >= 0.6 is 0 Å². The maximum absolute atomic E-state index is 11.4. The zero-order valence-corrected chi connectivity index (χ0v) is 10.0. The molecule has 0 radical (unpaired) electrons. The molecule has 0 unspecified atom stereocenters. The molecule has 0 atom stereocenters. The molecule has 92 valence electrons. The van der Waals surface area contributed by atoms with Gasteiger partial charge in [0.05, 0.1) is 6.61 Å². The molecule has 1 aromatic carbocycles. The quantitative estimate of drug-likeness (QED) is 0.646. The second-order valence-electron chi connectivity index (χ2n) is 3.86. The SMILES string of the molecule is O=C(/C=C/c1ccc[nH]1)OCCc1ccccc1. The van der Waals surface area contributed by atoms with Gasteiger partial charge in [0.15, 0.2) is 0 Å². The Kier molecular flexibility index (Phi) is 4.36. The van der Waals surface area contributed by atoms with Gasteiger partial charge in [0, 0.05) is 24.4 Å². The fourth-order valence-corrected chi connectivity index (χ4v) is 1.57. The molecule has 0 aliphatic rings. The standard InChI is InChI=1S/C15H15NO2/c17-15(9-8-14-7-4-11-16-14)18-12-10-13-5-2-1-3-6-13/h1-9,11,16H,10,12H2/b9-8+. The van der Waals surface area contributed by atoms with E-state index in [1.807, 2.05) is 42.5 Å². The largest absolute Gasteiger partial charge is 0.462 e. The number of carbonyl (C=O) groups is 1. The van der Waals surface area contributed by atoms with Crippen LogP contribution in [0.1, 0.15) is 11.3 Å². The summed E-state index contributed by atoms with van der Waals surface area (Å²) >= 11 is 0. The number of aromatic amines is 1. The van der Waals surface area contributed by atoms with Crippen LogP contribution in [0.5, 0.6) is 0 Å². The molecule has 0 fully saturated rings. The van der Waals surface area contributed by atoms with Gasteiger partial charge in [-0.1, -0.05) is 30.3 Å². The summed E-state index contributed by atoms with van der Waals surface area (Å²) in [5, 5.41) is 0. The average molecular weight is 241 g/mol. The van der Waals surface area contributed by atoms with Crippen molar-refractivity contribution in [2.75, 3.05) is 6.61 Å². The van der Waals surface area contributed by atoms with E-state index in [2.05, 4.69) is 4.98 Å². The first-order valence-electron chi connectivity index (χ1n) is 5.87. The monoisotopic (exact) mass is 241 g/mol. The summed E-state index contributed by atoms with van der Waals surface area (Å²) in [5.74, 6) is -0.319. The predicted molar refractivity (Wildman–Crippen MR) is 70.9 cm³/mol. The van der Waals surface area contributed by atoms with Gasteiger partial charge < -0.3 is 9.72 Å². The molecule has 3 heteroatoms. The Balaban J connectivity index is 1.72. The first kappa shape index (κ1) is 12.2. The number of H-pyrrole nitrogens is 1. The van der Waals surface area contributed by atoms with Crippen molar-refractivity contribution < 1.29 is 9.53 Å². The number of carbonyl (C=O) groups excluding carboxylic acids is 1. The summed E-state index contributed by atoms with van der Waals surface area (Å²) in [6, 6.07) is 13.7. The molecule has 1 heterocycles. The molecule has 18 heavy (non-hydrogen) atoms. The van der Waals surface area contributed by atoms with E-state index in [1.54, 1.807) is 12.3 Å². The molecular weight excluding hydrogens is 226 g/mol. The third-order valence-electron chi connectivity index (χ3n) is 2.50. The Labute approximate surface area is 106 Å². The first-order valence-corrected chi connectivity index (χ1v) is 5.87. The Morgan fingerprint density at radius 1 is 1.17 bits per heavy atom. The number of aromatic nitrogens is 1. The van der Waals surface area contributed by atoms with Gasteiger partial charge in [0.1, 0.15) is 0 Å². The van der Waals surface area contributed by atoms with Crippen molar-refractivity contribution in [3.8, 4) is 0 Å². The summed E-state index contributed by atoms with van der Waals surface area (Å²) in [7, 11) is 0. The number of esters is 1. The highest BCUT2D eigenvalue weighted by atomic mass is 16.5. The van der Waals surface area contributed by atoms with E-state index in [-0.39, 0.29) is 5.97 Å². The van der Waals surface area contributed by atoms with Gasteiger partial charge in [-0.15, -0.1) is 0 Å². The van der Waals surface area contributed by atoms with Crippen LogP contribution in [0.15, 0.2) is 54.7 Å². The van der Waals surface area contributed by atoms with Crippen molar-refractivity contribution in [3.05, 3.63) is 66.0 Å². The summed E-state index contributed by atoms with van der Waals surface area (Å²) in [6.07, 6.45) is 5.67. The van der Waals surface area contributed by atoms with Crippen molar-refractivity contribution in [2.45, 2.75) is 6.42 Å². The fraction of sp³-hybridized carbons (Fsp3) is 0.133. The normalized spacial score (nSPS) is 10.7. The number of benzene rings is 1. The van der Waals surface area contributed by atoms with E-state index in [0.717, 1.165) is 12.1 Å². The molecule has 0 bridgehead atoms. The molecule has 0 saturated carbocycles. The molecule has 3 nitrogen and oxygen atoms in total. The maximum Gasteiger partial charge on any atom is 0.330 e. The van der Waals surface area contributed by atoms with Gasteiger partial charge in [0.2, 0.25) is 0 Å². The zero-order chi connectivity index (χ0) is 12.6. The number of rotatable bonds is 5. The van der Waals surface area contributed by atoms with Crippen molar-refractivity contribution in [2.24, 2.45) is 0 Å². The smallest absolute Gasteiger partial charge is 0.330 e. The lowest BCUT2D eigenvalue weighted by Crippen LogP contribution is -2.04. The van der Waals surface area contributed by atoms with E-state index < -0.39 is 0 Å². The molecule has 0 aliphatic heterocycles. The minimum Gasteiger partial charge on any atom is -0.462 e. The van der Waals surface area contributed by atoms with Gasteiger partial charge in [-0.05, 0) is 23.8 Å². The van der Waals surface area contributed by atoms with Gasteiger partial charge in [-0.3, -0.25) is 0 Å². The number of nitrogens with one attached hydrogen (secondary N) is 1. The topological polar surface area (TPSA) is 42.1 Å². The third-order valence-corrected chi connectivity index (χ3v) is 2.50. The molecule has 2 aromatic rings. The van der Waals surface area contributed by atoms with Crippen LogP contribution in [0, 0.1) is 0 Å². The Morgan fingerprint density at radius 3 is 2.72 bits per heavy atom. The summed E-state index contributed by atoms with van der Waals surface area (Å²) < 4.78 is 5.10. The fourth-order valence-electron chi connectivity index (χ4n) is 1.57. The van der Waals surface area contributed by atoms with Crippen LogP contribution in [0.2, 0.25) is 0 Å². The highest BCUT2D eigenvalue weighted by Crippen LogP contribution is 2.01. The van der Waals surface area contributed by atoms with E-state index >= 15 is 0 Å². The summed E-state index contributed by atoms with van der Waals surface area (Å²) in [6.45, 7) is 0.401. The molecule has 1 aromatic heterocycles. The minimum absolute atomic E-state index is 0.319. The Morgan fingerprint density at radius 2 is 2.00 bits per heavy atom. The van der Waals surface area contributed by atoms with Gasteiger partial charge in [0.25, 0.3) is 0 Å². The molecule has 1 N–H and O–H groups in total. The molecule has 2 rings (SSSR count). The molecule has 0 amide bonds. The van der Waals surface area contributed by atoms with E-state index in [4.69, 9.17) is 4.74 Å². The maximum atomic E-state index is 11.4. The average Bonchev–Trinajstić information content (AvgIpc) is 2.91. The summed E-state index contributed by atoms with van der Waals surface area (Å²) in [5.41, 5.74) is 2.05. The van der Waals surface area contributed by atoms with Crippen LogP contribution in [0.3, 0.4) is 0 Å². The van der Waals surface area contributed by atoms with Gasteiger partial charge in [-0.25, -0.2) is 4.79 Å². The Hall–Kier alpha value is -2.29. The molecular formula is C15H15NO2. The molecule has 0 aliphatic carbocycles. The third kappa shape index (κ3) is 3.94. The van der Waals surface area contributed by atoms with Crippen molar-refractivity contribution in [1.82, 2.24) is 4.98 Å². The van der Waals surface area contributed by atoms with Crippen molar-refractivity contribution in [3.63, 3.8) is 0 Å². The van der Waals surface area contributed by atoms with Crippen LogP contribution in [-0.4, -0.2) is 17.6 Å². The van der Waals surface area contributed by atoms with Crippen LogP contribution in [0.25, 0.3) is 6.08 Å². The number of hydrogen-bond acceptors (Lipinski definition) is 2. The number of hydrogen-bond donors (Lipinski definition) is 1. The van der Waals surface area contributed by atoms with E-state index in [0.29, 0.717) is 6.61 Å². The second-order valence-corrected chi connectivity index (χ2v) is 3.86. The molecule has 0 saturated heterocycles. The highest BCUT2D eigenvalue weighted by Gasteiger charge is 1.98. The Bertz CT molecular complexity index is 501. The molecule has 0 spiro atoms. The van der Waals surface area contributed by atoms with E-state index in [1.165, 1.54) is 11.6 Å². The zero-order valence-electron chi connectivity index (χ0n) is 10.0. The second kappa shape index (κ2) is 6.45. The van der Waals surface area contributed by atoms with E-state index in [9.17, 15) is 4.79 Å². The lowest BCUT2D eigenvalue weighted by Gasteiger charge is -2.01.